The molecule has 3 nitrogen and oxygen atoms in total. The molecule has 3 rings (SSSR count). The zero-order valence-corrected chi connectivity index (χ0v) is 10.3. The number of H-pyrrole nitrogens is 1. The first-order valence-corrected chi connectivity index (χ1v) is 6.20. The smallest absolute Gasteiger partial charge is 0.126 e. The Morgan fingerprint density at radius 2 is 2.17 bits per heavy atom. The van der Waals surface area contributed by atoms with Crippen molar-refractivity contribution < 1.29 is 4.39 Å². The van der Waals surface area contributed by atoms with Gasteiger partial charge in [0, 0.05) is 17.5 Å². The van der Waals surface area contributed by atoms with E-state index in [0.717, 1.165) is 29.9 Å². The molecule has 1 aromatic heterocycles. The molecule has 0 amide bonds. The van der Waals surface area contributed by atoms with Gasteiger partial charge in [0.15, 0.2) is 0 Å². The lowest BCUT2D eigenvalue weighted by atomic mass is 9.80. The Hall–Kier alpha value is -1.68. The van der Waals surface area contributed by atoms with Gasteiger partial charge in [0.1, 0.15) is 11.6 Å². The number of imidazole rings is 1. The standard InChI is InChI=1S/C14H16FN3/c1-8-4-9(2-3-12(8)15)13-7-17-14(18-13)10-5-11(16)6-10/h2-4,7,10-11H,5-6,16H2,1H3,(H,17,18). The summed E-state index contributed by atoms with van der Waals surface area (Å²) in [7, 11) is 0. The van der Waals surface area contributed by atoms with E-state index in [1.165, 1.54) is 6.07 Å². The molecule has 0 saturated heterocycles. The van der Waals surface area contributed by atoms with Gasteiger partial charge in [-0.3, -0.25) is 0 Å². The highest BCUT2D eigenvalue weighted by Crippen LogP contribution is 2.34. The Balaban J connectivity index is 1.86. The van der Waals surface area contributed by atoms with Gasteiger partial charge < -0.3 is 10.7 Å². The van der Waals surface area contributed by atoms with Crippen molar-refractivity contribution in [1.82, 2.24) is 9.97 Å². The normalized spacial score (nSPS) is 22.8. The zero-order chi connectivity index (χ0) is 12.7. The number of hydrogen-bond donors (Lipinski definition) is 2. The van der Waals surface area contributed by atoms with E-state index in [-0.39, 0.29) is 5.82 Å². The first kappa shape index (κ1) is 11.4. The van der Waals surface area contributed by atoms with Crippen LogP contribution in [-0.2, 0) is 0 Å². The molecule has 1 heterocycles. The number of hydrogen-bond acceptors (Lipinski definition) is 2. The van der Waals surface area contributed by atoms with Crippen LogP contribution in [0.25, 0.3) is 11.3 Å². The Kier molecular flexibility index (Phi) is 2.67. The molecule has 0 bridgehead atoms. The maximum atomic E-state index is 13.2. The molecule has 1 aromatic carbocycles. The number of aryl methyl sites for hydroxylation is 1. The fourth-order valence-electron chi connectivity index (χ4n) is 2.39. The first-order chi connectivity index (χ1) is 8.63. The van der Waals surface area contributed by atoms with E-state index in [1.807, 2.05) is 12.3 Å². The lowest BCUT2D eigenvalue weighted by molar-refractivity contribution is 0.340. The molecule has 2 aromatic rings. The van der Waals surface area contributed by atoms with Gasteiger partial charge in [-0.15, -0.1) is 0 Å². The highest BCUT2D eigenvalue weighted by molar-refractivity contribution is 5.59. The van der Waals surface area contributed by atoms with Crippen LogP contribution in [0.3, 0.4) is 0 Å². The van der Waals surface area contributed by atoms with Gasteiger partial charge in [-0.2, -0.15) is 0 Å². The Morgan fingerprint density at radius 1 is 1.39 bits per heavy atom. The van der Waals surface area contributed by atoms with Crippen molar-refractivity contribution in [3.05, 3.63) is 41.6 Å². The monoisotopic (exact) mass is 245 g/mol. The quantitative estimate of drug-likeness (QED) is 0.854. The summed E-state index contributed by atoms with van der Waals surface area (Å²) >= 11 is 0. The minimum atomic E-state index is -0.177. The predicted octanol–water partition coefficient (Wildman–Crippen LogP) is 2.73. The molecule has 94 valence electrons. The topological polar surface area (TPSA) is 54.7 Å². The van der Waals surface area contributed by atoms with Crippen LogP contribution >= 0.6 is 0 Å². The minimum Gasteiger partial charge on any atom is -0.342 e. The van der Waals surface area contributed by atoms with Crippen molar-refractivity contribution in [1.29, 1.82) is 0 Å². The number of halogens is 1. The van der Waals surface area contributed by atoms with Crippen LogP contribution in [0.4, 0.5) is 4.39 Å². The summed E-state index contributed by atoms with van der Waals surface area (Å²) in [4.78, 5) is 7.71. The number of benzene rings is 1. The Morgan fingerprint density at radius 3 is 2.83 bits per heavy atom. The molecule has 4 heteroatoms. The van der Waals surface area contributed by atoms with Gasteiger partial charge in [0.05, 0.1) is 11.9 Å². The number of nitrogens with one attached hydrogen (secondary N) is 1. The molecule has 18 heavy (non-hydrogen) atoms. The number of rotatable bonds is 2. The van der Waals surface area contributed by atoms with Crippen molar-refractivity contribution in [3.63, 3.8) is 0 Å². The van der Waals surface area contributed by atoms with E-state index >= 15 is 0 Å². The Bertz CT molecular complexity index is 570. The van der Waals surface area contributed by atoms with Crippen LogP contribution < -0.4 is 5.73 Å². The summed E-state index contributed by atoms with van der Waals surface area (Å²) in [5.41, 5.74) is 8.33. The van der Waals surface area contributed by atoms with Crippen molar-refractivity contribution >= 4 is 0 Å². The maximum Gasteiger partial charge on any atom is 0.126 e. The minimum absolute atomic E-state index is 0.177. The average Bonchev–Trinajstić information content (AvgIpc) is 2.78. The second-order valence-corrected chi connectivity index (χ2v) is 5.07. The predicted molar refractivity (Wildman–Crippen MR) is 68.7 cm³/mol. The molecule has 1 aliphatic rings. The van der Waals surface area contributed by atoms with E-state index < -0.39 is 0 Å². The lowest BCUT2D eigenvalue weighted by Gasteiger charge is -2.30. The third-order valence-corrected chi connectivity index (χ3v) is 3.63. The molecule has 0 unspecified atom stereocenters. The van der Waals surface area contributed by atoms with Crippen LogP contribution in [0.15, 0.2) is 24.4 Å². The molecule has 0 aliphatic heterocycles. The van der Waals surface area contributed by atoms with Gasteiger partial charge in [-0.05, 0) is 43.5 Å². The highest BCUT2D eigenvalue weighted by atomic mass is 19.1. The summed E-state index contributed by atoms with van der Waals surface area (Å²) < 4.78 is 13.2. The van der Waals surface area contributed by atoms with Crippen molar-refractivity contribution in [2.24, 2.45) is 5.73 Å². The summed E-state index contributed by atoms with van der Waals surface area (Å²) in [5, 5.41) is 0. The van der Waals surface area contributed by atoms with Gasteiger partial charge in [0.25, 0.3) is 0 Å². The van der Waals surface area contributed by atoms with Crippen LogP contribution in [0, 0.1) is 12.7 Å². The Labute approximate surface area is 105 Å². The number of nitrogens with zero attached hydrogens (tertiary/aromatic N) is 1. The average molecular weight is 245 g/mol. The van der Waals surface area contributed by atoms with Crippen LogP contribution in [0.2, 0.25) is 0 Å². The molecule has 3 N–H and O–H groups in total. The van der Waals surface area contributed by atoms with E-state index in [1.54, 1.807) is 13.0 Å². The van der Waals surface area contributed by atoms with E-state index in [4.69, 9.17) is 5.73 Å². The van der Waals surface area contributed by atoms with E-state index in [2.05, 4.69) is 9.97 Å². The van der Waals surface area contributed by atoms with Crippen molar-refractivity contribution in [3.8, 4) is 11.3 Å². The molecule has 1 fully saturated rings. The molecular weight excluding hydrogens is 229 g/mol. The summed E-state index contributed by atoms with van der Waals surface area (Å²) in [6.45, 7) is 1.76. The molecule has 0 radical (unpaired) electrons. The molecule has 0 spiro atoms. The molecule has 1 saturated carbocycles. The number of nitrogens with two attached hydrogens (primary N) is 1. The molecule has 1 aliphatic carbocycles. The summed E-state index contributed by atoms with van der Waals surface area (Å²) in [6.07, 6.45) is 3.80. The van der Waals surface area contributed by atoms with Gasteiger partial charge in [-0.25, -0.2) is 9.37 Å². The molecular formula is C14H16FN3. The van der Waals surface area contributed by atoms with Gasteiger partial charge in [0.2, 0.25) is 0 Å². The molecule has 0 atom stereocenters. The second-order valence-electron chi connectivity index (χ2n) is 5.07. The first-order valence-electron chi connectivity index (χ1n) is 6.20. The third kappa shape index (κ3) is 1.93. The fourth-order valence-corrected chi connectivity index (χ4v) is 2.39. The highest BCUT2D eigenvalue weighted by Gasteiger charge is 2.29. The third-order valence-electron chi connectivity index (χ3n) is 3.63. The summed E-state index contributed by atoms with van der Waals surface area (Å²) in [6, 6.07) is 5.41. The lowest BCUT2D eigenvalue weighted by Crippen LogP contribution is -2.35. The summed E-state index contributed by atoms with van der Waals surface area (Å²) in [5.74, 6) is 1.27. The fraction of sp³-hybridized carbons (Fsp3) is 0.357. The van der Waals surface area contributed by atoms with Crippen molar-refractivity contribution in [2.75, 3.05) is 0 Å². The maximum absolute atomic E-state index is 13.2. The second kappa shape index (κ2) is 4.21. The largest absolute Gasteiger partial charge is 0.342 e. The van der Waals surface area contributed by atoms with Crippen LogP contribution in [0.1, 0.15) is 30.1 Å². The van der Waals surface area contributed by atoms with E-state index in [9.17, 15) is 4.39 Å². The zero-order valence-electron chi connectivity index (χ0n) is 10.3. The van der Waals surface area contributed by atoms with Crippen LogP contribution in [-0.4, -0.2) is 16.0 Å². The van der Waals surface area contributed by atoms with Crippen LogP contribution in [0.5, 0.6) is 0 Å². The SMILES string of the molecule is Cc1cc(-c2cnc(C3CC(N)C3)[nH]2)ccc1F. The van der Waals surface area contributed by atoms with E-state index in [0.29, 0.717) is 17.5 Å². The van der Waals surface area contributed by atoms with Crippen molar-refractivity contribution in [2.45, 2.75) is 31.7 Å². The number of aromatic amines is 1. The van der Waals surface area contributed by atoms with Gasteiger partial charge in [-0.1, -0.05) is 0 Å². The number of aromatic nitrogens is 2. The van der Waals surface area contributed by atoms with Gasteiger partial charge >= 0.3 is 0 Å².